The first-order chi connectivity index (χ1) is 22.7. The number of hydrogen-bond donors (Lipinski definition) is 0. The molecule has 0 radical (unpaired) electrons. The van der Waals surface area contributed by atoms with Gasteiger partial charge in [-0.05, 0) is 86.6 Å². The van der Waals surface area contributed by atoms with Crippen molar-refractivity contribution >= 4 is 0 Å². The van der Waals surface area contributed by atoms with Crippen molar-refractivity contribution in [3.8, 4) is 0 Å². The smallest absolute Gasteiger partial charge is 0.0475 e. The molecule has 0 N–H and O–H groups in total. The van der Waals surface area contributed by atoms with Crippen LogP contribution >= 0.6 is 0 Å². The Morgan fingerprint density at radius 1 is 0.438 bits per heavy atom. The van der Waals surface area contributed by atoms with E-state index in [0.717, 1.165) is 32.4 Å². The molecule has 0 saturated heterocycles. The van der Waals surface area contributed by atoms with Crippen molar-refractivity contribution < 1.29 is 0 Å². The molecule has 3 aromatic carbocycles. The molecule has 0 bridgehead atoms. The minimum Gasteiger partial charge on any atom is -0.350 e. The summed E-state index contributed by atoms with van der Waals surface area (Å²) in [5.74, 6) is 0. The van der Waals surface area contributed by atoms with E-state index in [1.54, 1.807) is 0 Å². The Labute approximate surface area is 293 Å². The maximum absolute atomic E-state index is 2.45. The lowest BCUT2D eigenvalue weighted by Crippen LogP contribution is -2.10. The molecule has 4 heterocycles. The van der Waals surface area contributed by atoms with Gasteiger partial charge in [-0.2, -0.15) is 0 Å². The molecule has 2 aromatic heterocycles. The molecule has 7 rings (SSSR count). The van der Waals surface area contributed by atoms with E-state index in [1.807, 2.05) is 13.8 Å². The quantitative estimate of drug-likeness (QED) is 0.159. The lowest BCUT2D eigenvalue weighted by Gasteiger charge is -2.18. The lowest BCUT2D eigenvalue weighted by molar-refractivity contribution is 0.585. The largest absolute Gasteiger partial charge is 0.350 e. The van der Waals surface area contributed by atoms with Crippen LogP contribution in [-0.2, 0) is 55.0 Å². The molecule has 0 atom stereocenters. The molecule has 0 unspecified atom stereocenters. The molecule has 2 heteroatoms. The Morgan fingerprint density at radius 3 is 1.44 bits per heavy atom. The summed E-state index contributed by atoms with van der Waals surface area (Å²) in [5.41, 5.74) is 14.0. The number of hydrogen-bond acceptors (Lipinski definition) is 0. The Hall–Kier alpha value is -3.78. The van der Waals surface area contributed by atoms with Crippen molar-refractivity contribution in [3.05, 3.63) is 154 Å². The first-order valence-corrected chi connectivity index (χ1v) is 18.3. The van der Waals surface area contributed by atoms with Crippen LogP contribution in [0.3, 0.4) is 0 Å². The van der Waals surface area contributed by atoms with Crippen molar-refractivity contribution in [1.29, 1.82) is 0 Å². The summed E-state index contributed by atoms with van der Waals surface area (Å²) in [6, 6.07) is 33.0. The third-order valence-corrected chi connectivity index (χ3v) is 9.57. The Kier molecular flexibility index (Phi) is 12.1. The van der Waals surface area contributed by atoms with Gasteiger partial charge in [-0.15, -0.1) is 0 Å². The van der Waals surface area contributed by atoms with Gasteiger partial charge >= 0.3 is 0 Å². The fourth-order valence-electron chi connectivity index (χ4n) is 6.39. The van der Waals surface area contributed by atoms with Crippen LogP contribution in [0, 0.1) is 0 Å². The average molecular weight is 643 g/mol. The van der Waals surface area contributed by atoms with Gasteiger partial charge < -0.3 is 9.13 Å². The van der Waals surface area contributed by atoms with E-state index in [4.69, 9.17) is 0 Å². The number of aromatic nitrogens is 2. The number of rotatable bonds is 0. The van der Waals surface area contributed by atoms with Gasteiger partial charge in [0.1, 0.15) is 0 Å². The van der Waals surface area contributed by atoms with Gasteiger partial charge in [-0.25, -0.2) is 0 Å². The minimum absolute atomic E-state index is 0.249. The summed E-state index contributed by atoms with van der Waals surface area (Å²) in [4.78, 5) is 0. The molecule has 256 valence electrons. The number of benzene rings is 3. The van der Waals surface area contributed by atoms with Crippen LogP contribution in [-0.4, -0.2) is 9.13 Å². The maximum Gasteiger partial charge on any atom is 0.0475 e. The van der Waals surface area contributed by atoms with E-state index < -0.39 is 0 Å². The molecular formula is C46H62N2. The number of aryl methyl sites for hydroxylation is 4. The van der Waals surface area contributed by atoms with Crippen LogP contribution in [0.1, 0.15) is 126 Å². The van der Waals surface area contributed by atoms with E-state index in [1.165, 1.54) is 56.8 Å². The first kappa shape index (κ1) is 37.0. The second kappa shape index (κ2) is 15.6. The molecule has 5 aromatic rings. The molecule has 48 heavy (non-hydrogen) atoms. The fraction of sp³-hybridized carbons (Fsp3) is 0.435. The monoisotopic (exact) mass is 642 g/mol. The number of nitrogens with zero attached hydrogens (tertiary/aromatic N) is 2. The molecule has 0 spiro atoms. The van der Waals surface area contributed by atoms with Gasteiger partial charge in [0.15, 0.2) is 0 Å². The van der Waals surface area contributed by atoms with E-state index in [2.05, 4.69) is 175 Å². The van der Waals surface area contributed by atoms with Crippen LogP contribution in [0.5, 0.6) is 0 Å². The Bertz CT molecular complexity index is 1620. The topological polar surface area (TPSA) is 9.86 Å². The Balaban J connectivity index is 0.000000165. The highest BCUT2D eigenvalue weighted by Gasteiger charge is 2.21. The summed E-state index contributed by atoms with van der Waals surface area (Å²) in [6.45, 7) is 26.5. The van der Waals surface area contributed by atoms with Crippen LogP contribution in [0.25, 0.3) is 0 Å². The van der Waals surface area contributed by atoms with Gasteiger partial charge in [0, 0.05) is 43.3 Å². The Morgan fingerprint density at radius 2 is 0.896 bits per heavy atom. The number of fused-ring (bicyclic) bond motifs is 4. The van der Waals surface area contributed by atoms with E-state index in [9.17, 15) is 0 Å². The van der Waals surface area contributed by atoms with Crippen molar-refractivity contribution in [2.45, 2.75) is 131 Å². The van der Waals surface area contributed by atoms with Gasteiger partial charge in [-0.3, -0.25) is 0 Å². The van der Waals surface area contributed by atoms with Crippen molar-refractivity contribution in [2.24, 2.45) is 0 Å². The SMILES string of the molecule is CC.CC(C)(C)c1cc2n(c1)CCc1ccccc1C2.CC(C)(C)c1cc2n(c1)Cc1ccccc1CC2.CC(C)(C)c1ccccc1. The molecule has 0 aliphatic carbocycles. The van der Waals surface area contributed by atoms with Gasteiger partial charge in [0.2, 0.25) is 0 Å². The third-order valence-electron chi connectivity index (χ3n) is 9.57. The van der Waals surface area contributed by atoms with Crippen LogP contribution in [0.15, 0.2) is 103 Å². The highest BCUT2D eigenvalue weighted by Crippen LogP contribution is 2.30. The fourth-order valence-corrected chi connectivity index (χ4v) is 6.39. The predicted octanol–water partition coefficient (Wildman–Crippen LogP) is 11.9. The second-order valence-electron chi connectivity index (χ2n) is 16.3. The summed E-state index contributed by atoms with van der Waals surface area (Å²) in [5, 5.41) is 0. The van der Waals surface area contributed by atoms with Crippen LogP contribution < -0.4 is 0 Å². The molecule has 2 aliphatic rings. The molecule has 2 nitrogen and oxygen atoms in total. The van der Waals surface area contributed by atoms with Crippen LogP contribution in [0.2, 0.25) is 0 Å². The van der Waals surface area contributed by atoms with Gasteiger partial charge in [0.25, 0.3) is 0 Å². The van der Waals surface area contributed by atoms with Crippen LogP contribution in [0.4, 0.5) is 0 Å². The molecule has 2 aliphatic heterocycles. The second-order valence-corrected chi connectivity index (χ2v) is 16.3. The summed E-state index contributed by atoms with van der Waals surface area (Å²) < 4.78 is 4.88. The van der Waals surface area contributed by atoms with E-state index in [0.29, 0.717) is 5.41 Å². The highest BCUT2D eigenvalue weighted by molar-refractivity contribution is 5.37. The minimum atomic E-state index is 0.249. The standard InChI is InChI=1S/2C17H21N.C10H14.C2H6/c1-17(2,3)15-10-16-9-8-13-6-4-5-7-14(13)11-18(16)12-15;1-17(2,3)15-11-16-10-14-7-5-4-6-13(14)8-9-18(16)12-15;1-10(2,3)9-7-5-4-6-8-9;1-2/h4-7,10,12H,8-9,11H2,1-3H3;4-7,11-12H,8-10H2,1-3H3;4-8H,1-3H3;1-2H3. The summed E-state index contributed by atoms with van der Waals surface area (Å²) in [7, 11) is 0. The van der Waals surface area contributed by atoms with Gasteiger partial charge in [-0.1, -0.05) is 155 Å². The van der Waals surface area contributed by atoms with Crippen molar-refractivity contribution in [3.63, 3.8) is 0 Å². The molecular weight excluding hydrogens is 581 g/mol. The zero-order valence-corrected chi connectivity index (χ0v) is 32.0. The molecule has 0 fully saturated rings. The highest BCUT2D eigenvalue weighted by atomic mass is 15.0. The first-order valence-electron chi connectivity index (χ1n) is 18.3. The summed E-state index contributed by atoms with van der Waals surface area (Å²) >= 11 is 0. The van der Waals surface area contributed by atoms with Crippen molar-refractivity contribution in [1.82, 2.24) is 9.13 Å². The van der Waals surface area contributed by atoms with Crippen molar-refractivity contribution in [2.75, 3.05) is 0 Å². The summed E-state index contributed by atoms with van der Waals surface area (Å²) in [6.07, 6.45) is 9.25. The van der Waals surface area contributed by atoms with Gasteiger partial charge in [0.05, 0.1) is 0 Å². The average Bonchev–Trinajstić information content (AvgIpc) is 3.56. The third kappa shape index (κ3) is 9.65. The normalized spacial score (nSPS) is 13.6. The maximum atomic E-state index is 2.45. The predicted molar refractivity (Wildman–Crippen MR) is 209 cm³/mol. The lowest BCUT2D eigenvalue weighted by atomic mass is 9.87. The molecule has 0 amide bonds. The molecule has 0 saturated carbocycles. The van der Waals surface area contributed by atoms with E-state index in [-0.39, 0.29) is 10.8 Å². The van der Waals surface area contributed by atoms with E-state index >= 15 is 0 Å². The zero-order chi connectivity index (χ0) is 35.1. The zero-order valence-electron chi connectivity index (χ0n) is 32.0.